The van der Waals surface area contributed by atoms with Crippen molar-refractivity contribution in [1.82, 2.24) is 0 Å². The number of nitrogen functional groups attached to an aromatic ring is 1. The van der Waals surface area contributed by atoms with Crippen LogP contribution in [0.4, 0.5) is 14.5 Å². The predicted octanol–water partition coefficient (Wildman–Crippen LogP) is 3.43. The van der Waals surface area contributed by atoms with Gasteiger partial charge in [0.2, 0.25) is 0 Å². The number of carbonyl (C=O) groups excluding carboxylic acids is 1. The molecule has 0 aliphatic heterocycles. The van der Waals surface area contributed by atoms with Crippen LogP contribution in [0.3, 0.4) is 0 Å². The van der Waals surface area contributed by atoms with Gasteiger partial charge in [-0.05, 0) is 30.3 Å². The molecule has 0 aliphatic rings. The van der Waals surface area contributed by atoms with E-state index in [2.05, 4.69) is 0 Å². The van der Waals surface area contributed by atoms with E-state index in [1.807, 2.05) is 0 Å². The molecule has 0 spiro atoms. The normalized spacial score (nSPS) is 10.4. The van der Waals surface area contributed by atoms with Gasteiger partial charge in [0.25, 0.3) is 0 Å². The predicted molar refractivity (Wildman–Crippen MR) is 65.7 cm³/mol. The van der Waals surface area contributed by atoms with Crippen molar-refractivity contribution in [2.24, 2.45) is 0 Å². The van der Waals surface area contributed by atoms with E-state index in [4.69, 9.17) is 17.3 Å². The monoisotopic (exact) mass is 267 g/mol. The Labute approximate surface area is 107 Å². The van der Waals surface area contributed by atoms with Gasteiger partial charge in [0.15, 0.2) is 17.4 Å². The molecule has 92 valence electrons. The molecule has 0 saturated carbocycles. The average Bonchev–Trinajstić information content (AvgIpc) is 2.35. The molecule has 2 aromatic rings. The van der Waals surface area contributed by atoms with Crippen molar-refractivity contribution in [3.05, 3.63) is 64.2 Å². The molecule has 2 aromatic carbocycles. The third kappa shape index (κ3) is 2.19. The molecule has 0 radical (unpaired) electrons. The number of benzene rings is 2. The molecular weight excluding hydrogens is 260 g/mol. The van der Waals surface area contributed by atoms with E-state index in [0.29, 0.717) is 0 Å². The molecule has 0 aromatic heterocycles. The fraction of sp³-hybridized carbons (Fsp3) is 0. The van der Waals surface area contributed by atoms with Gasteiger partial charge in [0.05, 0.1) is 10.7 Å². The van der Waals surface area contributed by atoms with Crippen LogP contribution in [0.25, 0.3) is 0 Å². The lowest BCUT2D eigenvalue weighted by molar-refractivity contribution is 0.103. The van der Waals surface area contributed by atoms with Crippen LogP contribution in [0.2, 0.25) is 5.02 Å². The molecule has 18 heavy (non-hydrogen) atoms. The van der Waals surface area contributed by atoms with Crippen LogP contribution < -0.4 is 5.73 Å². The van der Waals surface area contributed by atoms with Crippen molar-refractivity contribution >= 4 is 23.1 Å². The number of halogens is 3. The van der Waals surface area contributed by atoms with E-state index >= 15 is 0 Å². The zero-order valence-electron chi connectivity index (χ0n) is 9.08. The maximum atomic E-state index is 13.1. The lowest BCUT2D eigenvalue weighted by atomic mass is 10.0. The lowest BCUT2D eigenvalue weighted by Gasteiger charge is -2.06. The zero-order valence-corrected chi connectivity index (χ0v) is 9.84. The molecule has 0 saturated heterocycles. The first-order valence-corrected chi connectivity index (χ1v) is 5.42. The summed E-state index contributed by atoms with van der Waals surface area (Å²) in [5, 5.41) is 0.239. The number of hydrogen-bond acceptors (Lipinski definition) is 2. The minimum absolute atomic E-state index is 0.0165. The molecule has 0 unspecified atom stereocenters. The van der Waals surface area contributed by atoms with Crippen LogP contribution in [0, 0.1) is 11.6 Å². The van der Waals surface area contributed by atoms with E-state index in [1.54, 1.807) is 12.1 Å². The first kappa shape index (κ1) is 12.5. The van der Waals surface area contributed by atoms with Gasteiger partial charge in [0.1, 0.15) is 0 Å². The highest BCUT2D eigenvalue weighted by Crippen LogP contribution is 2.25. The third-order valence-corrected chi connectivity index (χ3v) is 2.81. The van der Waals surface area contributed by atoms with Crippen LogP contribution in [-0.4, -0.2) is 5.78 Å². The summed E-state index contributed by atoms with van der Waals surface area (Å²) in [6, 6.07) is 7.50. The van der Waals surface area contributed by atoms with Gasteiger partial charge in [-0.25, -0.2) is 8.78 Å². The number of rotatable bonds is 2. The Morgan fingerprint density at radius 2 is 1.83 bits per heavy atom. The van der Waals surface area contributed by atoms with Crippen LogP contribution in [-0.2, 0) is 0 Å². The Bertz CT molecular complexity index is 628. The van der Waals surface area contributed by atoms with Crippen molar-refractivity contribution in [2.45, 2.75) is 0 Å². The second-order valence-electron chi connectivity index (χ2n) is 3.66. The van der Waals surface area contributed by atoms with Gasteiger partial charge in [-0.2, -0.15) is 0 Å². The van der Waals surface area contributed by atoms with Crippen LogP contribution in [0.15, 0.2) is 36.4 Å². The SMILES string of the molecule is Nc1c(Cl)cccc1C(=O)c1ccc(F)c(F)c1. The minimum atomic E-state index is -1.08. The topological polar surface area (TPSA) is 43.1 Å². The Morgan fingerprint density at radius 3 is 2.50 bits per heavy atom. The van der Waals surface area contributed by atoms with Crippen molar-refractivity contribution in [2.75, 3.05) is 5.73 Å². The lowest BCUT2D eigenvalue weighted by Crippen LogP contribution is -2.06. The summed E-state index contributed by atoms with van der Waals surface area (Å²) in [7, 11) is 0. The number of nitrogens with two attached hydrogens (primary N) is 1. The summed E-state index contributed by atoms with van der Waals surface area (Å²) in [5.74, 6) is -2.60. The van der Waals surface area contributed by atoms with Crippen molar-refractivity contribution in [3.63, 3.8) is 0 Å². The van der Waals surface area contributed by atoms with Crippen LogP contribution >= 0.6 is 11.6 Å². The summed E-state index contributed by atoms with van der Waals surface area (Å²) >= 11 is 5.79. The molecule has 0 aliphatic carbocycles. The molecular formula is C13H8ClF2NO. The summed E-state index contributed by atoms with van der Waals surface area (Å²) < 4.78 is 25.8. The molecule has 2 N–H and O–H groups in total. The summed E-state index contributed by atoms with van der Waals surface area (Å²) in [6.45, 7) is 0. The summed E-state index contributed by atoms with van der Waals surface area (Å²) in [4.78, 5) is 12.1. The van der Waals surface area contributed by atoms with Gasteiger partial charge in [-0.1, -0.05) is 17.7 Å². The third-order valence-electron chi connectivity index (χ3n) is 2.48. The molecule has 0 heterocycles. The standard InChI is InChI=1S/C13H8ClF2NO/c14-9-3-1-2-8(12(9)17)13(18)7-4-5-10(15)11(16)6-7/h1-6H,17H2. The first-order valence-electron chi connectivity index (χ1n) is 5.04. The maximum Gasteiger partial charge on any atom is 0.195 e. The van der Waals surface area contributed by atoms with E-state index in [9.17, 15) is 13.6 Å². The maximum absolute atomic E-state index is 13.1. The number of hydrogen-bond donors (Lipinski definition) is 1. The van der Waals surface area contributed by atoms with E-state index in [0.717, 1.165) is 12.1 Å². The highest BCUT2D eigenvalue weighted by atomic mass is 35.5. The second kappa shape index (κ2) is 4.74. The van der Waals surface area contributed by atoms with Crippen LogP contribution in [0.5, 0.6) is 0 Å². The Balaban J connectivity index is 2.48. The zero-order chi connectivity index (χ0) is 13.3. The van der Waals surface area contributed by atoms with E-state index < -0.39 is 17.4 Å². The van der Waals surface area contributed by atoms with E-state index in [-0.39, 0.29) is 21.8 Å². The number of anilines is 1. The van der Waals surface area contributed by atoms with Crippen molar-refractivity contribution < 1.29 is 13.6 Å². The van der Waals surface area contributed by atoms with Gasteiger partial charge < -0.3 is 5.73 Å². The second-order valence-corrected chi connectivity index (χ2v) is 4.07. The summed E-state index contributed by atoms with van der Waals surface area (Å²) in [5.41, 5.74) is 5.96. The Hall–Kier alpha value is -1.94. The quantitative estimate of drug-likeness (QED) is 0.669. The highest BCUT2D eigenvalue weighted by Gasteiger charge is 2.15. The number of ketones is 1. The first-order chi connectivity index (χ1) is 8.50. The van der Waals surface area contributed by atoms with E-state index in [1.165, 1.54) is 12.1 Å². The minimum Gasteiger partial charge on any atom is -0.397 e. The number of para-hydroxylation sites is 1. The molecule has 2 nitrogen and oxygen atoms in total. The van der Waals surface area contributed by atoms with Gasteiger partial charge in [0, 0.05) is 11.1 Å². The molecule has 0 fully saturated rings. The summed E-state index contributed by atoms with van der Waals surface area (Å²) in [6.07, 6.45) is 0. The van der Waals surface area contributed by atoms with Crippen molar-refractivity contribution in [1.29, 1.82) is 0 Å². The fourth-order valence-electron chi connectivity index (χ4n) is 1.53. The number of carbonyl (C=O) groups is 1. The molecule has 0 amide bonds. The Morgan fingerprint density at radius 1 is 1.11 bits per heavy atom. The highest BCUT2D eigenvalue weighted by molar-refractivity contribution is 6.34. The molecule has 5 heteroatoms. The van der Waals surface area contributed by atoms with Crippen LogP contribution in [0.1, 0.15) is 15.9 Å². The molecule has 0 bridgehead atoms. The fourth-order valence-corrected chi connectivity index (χ4v) is 1.70. The largest absolute Gasteiger partial charge is 0.397 e. The van der Waals surface area contributed by atoms with Gasteiger partial charge in [-0.3, -0.25) is 4.79 Å². The Kier molecular flexibility index (Phi) is 3.30. The van der Waals surface area contributed by atoms with Crippen molar-refractivity contribution in [3.8, 4) is 0 Å². The van der Waals surface area contributed by atoms with Gasteiger partial charge in [-0.15, -0.1) is 0 Å². The molecule has 0 atom stereocenters. The smallest absolute Gasteiger partial charge is 0.195 e. The van der Waals surface area contributed by atoms with Gasteiger partial charge >= 0.3 is 0 Å². The average molecular weight is 268 g/mol. The molecule has 2 rings (SSSR count).